The molecule has 2 rings (SSSR count). The summed E-state index contributed by atoms with van der Waals surface area (Å²) >= 11 is 0. The highest BCUT2D eigenvalue weighted by molar-refractivity contribution is 5.99. The lowest BCUT2D eigenvalue weighted by molar-refractivity contribution is -0.139. The Hall–Kier alpha value is -2.21. The van der Waals surface area contributed by atoms with Crippen molar-refractivity contribution in [3.8, 4) is 0 Å². The van der Waals surface area contributed by atoms with E-state index in [0.29, 0.717) is 43.9 Å². The molecule has 1 aromatic rings. The van der Waals surface area contributed by atoms with Gasteiger partial charge >= 0.3 is 0 Å². The molecule has 0 spiro atoms. The Morgan fingerprint density at radius 1 is 1.27 bits per heavy atom. The first kappa shape index (κ1) is 20.1. The number of amides is 2. The third-order valence-corrected chi connectivity index (χ3v) is 4.27. The zero-order chi connectivity index (χ0) is 19.1. The molecule has 5 nitrogen and oxygen atoms in total. The molecule has 1 aliphatic heterocycles. The zero-order valence-corrected chi connectivity index (χ0v) is 15.6. The largest absolute Gasteiger partial charge is 0.378 e. The SMILES string of the molecule is C/C(=C\c1ccccc1F)C(=O)N[C@@H](CC(C)C)C(=O)N1CCOCC1. The molecule has 1 saturated heterocycles. The molecule has 1 atom stereocenters. The Balaban J connectivity index is 2.09. The van der Waals surface area contributed by atoms with Crippen molar-refractivity contribution >= 4 is 17.9 Å². The second kappa shape index (κ2) is 9.48. The number of carbonyl (C=O) groups excluding carboxylic acids is 2. The van der Waals surface area contributed by atoms with Crippen molar-refractivity contribution in [1.82, 2.24) is 10.2 Å². The second-order valence-electron chi connectivity index (χ2n) is 6.94. The number of rotatable bonds is 6. The number of hydrogen-bond acceptors (Lipinski definition) is 3. The minimum Gasteiger partial charge on any atom is -0.378 e. The number of carbonyl (C=O) groups is 2. The standard InChI is InChI=1S/C20H27FN2O3/c1-14(2)12-18(20(25)23-8-10-26-11-9-23)22-19(24)15(3)13-16-6-4-5-7-17(16)21/h4-7,13-14,18H,8-12H2,1-3H3,(H,22,24)/b15-13+/t18-/m0/s1. The molecule has 1 N–H and O–H groups in total. The van der Waals surface area contributed by atoms with Crippen LogP contribution in [0.3, 0.4) is 0 Å². The molecule has 0 bridgehead atoms. The van der Waals surface area contributed by atoms with Crippen LogP contribution in [0.4, 0.5) is 4.39 Å². The average molecular weight is 362 g/mol. The van der Waals surface area contributed by atoms with Gasteiger partial charge < -0.3 is 15.0 Å². The van der Waals surface area contributed by atoms with Crippen LogP contribution in [0.5, 0.6) is 0 Å². The number of morpholine rings is 1. The van der Waals surface area contributed by atoms with Crippen molar-refractivity contribution in [2.45, 2.75) is 33.2 Å². The summed E-state index contributed by atoms with van der Waals surface area (Å²) in [7, 11) is 0. The molecule has 6 heteroatoms. The molecule has 142 valence electrons. The summed E-state index contributed by atoms with van der Waals surface area (Å²) in [6, 6.07) is 5.67. The number of halogens is 1. The summed E-state index contributed by atoms with van der Waals surface area (Å²) in [6.45, 7) is 7.73. The van der Waals surface area contributed by atoms with E-state index in [0.717, 1.165) is 0 Å². The number of nitrogens with zero attached hydrogens (tertiary/aromatic N) is 1. The lowest BCUT2D eigenvalue weighted by Gasteiger charge is -2.31. The van der Waals surface area contributed by atoms with Crippen molar-refractivity contribution in [3.63, 3.8) is 0 Å². The van der Waals surface area contributed by atoms with E-state index in [1.54, 1.807) is 30.0 Å². The van der Waals surface area contributed by atoms with Gasteiger partial charge in [-0.1, -0.05) is 32.0 Å². The van der Waals surface area contributed by atoms with Crippen LogP contribution in [-0.2, 0) is 14.3 Å². The van der Waals surface area contributed by atoms with Gasteiger partial charge in [-0.2, -0.15) is 0 Å². The maximum Gasteiger partial charge on any atom is 0.247 e. The van der Waals surface area contributed by atoms with Crippen LogP contribution in [0.25, 0.3) is 6.08 Å². The minimum atomic E-state index is -0.593. The lowest BCUT2D eigenvalue weighted by atomic mass is 10.0. The van der Waals surface area contributed by atoms with Crippen LogP contribution in [-0.4, -0.2) is 49.1 Å². The van der Waals surface area contributed by atoms with Gasteiger partial charge in [0.2, 0.25) is 11.8 Å². The molecular formula is C20H27FN2O3. The van der Waals surface area contributed by atoms with Gasteiger partial charge in [-0.15, -0.1) is 0 Å². The molecule has 26 heavy (non-hydrogen) atoms. The first-order valence-electron chi connectivity index (χ1n) is 8.98. The summed E-state index contributed by atoms with van der Waals surface area (Å²) in [5.74, 6) is -0.585. The monoisotopic (exact) mass is 362 g/mol. The molecule has 1 aromatic carbocycles. The number of nitrogens with one attached hydrogen (secondary N) is 1. The smallest absolute Gasteiger partial charge is 0.247 e. The maximum absolute atomic E-state index is 13.8. The Morgan fingerprint density at radius 2 is 1.92 bits per heavy atom. The molecule has 0 radical (unpaired) electrons. The van der Waals surface area contributed by atoms with Crippen molar-refractivity contribution in [1.29, 1.82) is 0 Å². The zero-order valence-electron chi connectivity index (χ0n) is 15.6. The fourth-order valence-electron chi connectivity index (χ4n) is 2.86. The topological polar surface area (TPSA) is 58.6 Å². The summed E-state index contributed by atoms with van der Waals surface area (Å²) in [5.41, 5.74) is 0.707. The van der Waals surface area contributed by atoms with Crippen LogP contribution in [0.1, 0.15) is 32.8 Å². The average Bonchev–Trinajstić information content (AvgIpc) is 2.62. The second-order valence-corrected chi connectivity index (χ2v) is 6.94. The summed E-state index contributed by atoms with van der Waals surface area (Å²) in [5, 5.41) is 2.82. The maximum atomic E-state index is 13.8. The molecule has 0 aromatic heterocycles. The van der Waals surface area contributed by atoms with Gasteiger partial charge in [0, 0.05) is 24.2 Å². The minimum absolute atomic E-state index is 0.0889. The number of benzene rings is 1. The predicted octanol–water partition coefficient (Wildman–Crippen LogP) is 2.62. The van der Waals surface area contributed by atoms with E-state index in [4.69, 9.17) is 4.74 Å². The van der Waals surface area contributed by atoms with Gasteiger partial charge in [0.15, 0.2) is 0 Å². The molecule has 0 aliphatic carbocycles. The van der Waals surface area contributed by atoms with Gasteiger partial charge in [0.25, 0.3) is 0 Å². The van der Waals surface area contributed by atoms with E-state index in [2.05, 4.69) is 5.32 Å². The van der Waals surface area contributed by atoms with E-state index >= 15 is 0 Å². The summed E-state index contributed by atoms with van der Waals surface area (Å²) in [6.07, 6.45) is 2.05. The molecular weight excluding hydrogens is 335 g/mol. The first-order chi connectivity index (χ1) is 12.4. The lowest BCUT2D eigenvalue weighted by Crippen LogP contribution is -2.52. The summed E-state index contributed by atoms with van der Waals surface area (Å²) in [4.78, 5) is 27.0. The van der Waals surface area contributed by atoms with E-state index in [-0.39, 0.29) is 23.5 Å². The fourth-order valence-corrected chi connectivity index (χ4v) is 2.86. The highest BCUT2D eigenvalue weighted by Crippen LogP contribution is 2.13. The molecule has 1 aliphatic rings. The van der Waals surface area contributed by atoms with Crippen LogP contribution >= 0.6 is 0 Å². The number of hydrogen-bond donors (Lipinski definition) is 1. The van der Waals surface area contributed by atoms with Gasteiger partial charge in [-0.05, 0) is 31.4 Å². The van der Waals surface area contributed by atoms with Crippen LogP contribution < -0.4 is 5.32 Å². The van der Waals surface area contributed by atoms with E-state index < -0.39 is 6.04 Å². The molecule has 2 amide bonds. The quantitative estimate of drug-likeness (QED) is 0.792. The summed E-state index contributed by atoms with van der Waals surface area (Å²) < 4.78 is 19.1. The van der Waals surface area contributed by atoms with Crippen molar-refractivity contribution in [2.75, 3.05) is 26.3 Å². The Morgan fingerprint density at radius 3 is 2.54 bits per heavy atom. The van der Waals surface area contributed by atoms with Gasteiger partial charge in [0.05, 0.1) is 13.2 Å². The van der Waals surface area contributed by atoms with Crippen molar-refractivity contribution in [2.24, 2.45) is 5.92 Å². The Labute approximate surface area is 154 Å². The fraction of sp³-hybridized carbons (Fsp3) is 0.500. The Kier molecular flexibility index (Phi) is 7.33. The van der Waals surface area contributed by atoms with Gasteiger partial charge in [0.1, 0.15) is 11.9 Å². The van der Waals surface area contributed by atoms with Gasteiger partial charge in [-0.25, -0.2) is 4.39 Å². The van der Waals surface area contributed by atoms with Gasteiger partial charge in [-0.3, -0.25) is 9.59 Å². The third kappa shape index (κ3) is 5.66. The Bertz CT molecular complexity index is 667. The highest BCUT2D eigenvalue weighted by Gasteiger charge is 2.28. The molecule has 1 fully saturated rings. The van der Waals surface area contributed by atoms with Crippen LogP contribution in [0.2, 0.25) is 0 Å². The highest BCUT2D eigenvalue weighted by atomic mass is 19.1. The van der Waals surface area contributed by atoms with Crippen molar-refractivity contribution in [3.05, 3.63) is 41.2 Å². The van der Waals surface area contributed by atoms with E-state index in [1.807, 2.05) is 13.8 Å². The molecule has 1 heterocycles. The first-order valence-corrected chi connectivity index (χ1v) is 8.98. The predicted molar refractivity (Wildman–Crippen MR) is 98.8 cm³/mol. The third-order valence-electron chi connectivity index (χ3n) is 4.27. The van der Waals surface area contributed by atoms with E-state index in [9.17, 15) is 14.0 Å². The van der Waals surface area contributed by atoms with Crippen LogP contribution in [0, 0.1) is 11.7 Å². The molecule has 0 saturated carbocycles. The van der Waals surface area contributed by atoms with Crippen molar-refractivity contribution < 1.29 is 18.7 Å². The van der Waals surface area contributed by atoms with Crippen LogP contribution in [0.15, 0.2) is 29.8 Å². The molecule has 0 unspecified atom stereocenters. The normalized spacial score (nSPS) is 16.5. The van der Waals surface area contributed by atoms with E-state index in [1.165, 1.54) is 12.1 Å². The number of ether oxygens (including phenoxy) is 1.